The van der Waals surface area contributed by atoms with E-state index in [0.717, 1.165) is 18.2 Å². The highest BCUT2D eigenvalue weighted by atomic mass is 32.2. The number of aromatic nitrogens is 3. The fourth-order valence-corrected chi connectivity index (χ4v) is 4.02. The largest absolute Gasteiger partial charge is 0.493 e. The third-order valence-corrected chi connectivity index (χ3v) is 5.65. The lowest BCUT2D eigenvalue weighted by Gasteiger charge is -2.12. The van der Waals surface area contributed by atoms with Crippen LogP contribution in [-0.4, -0.2) is 51.6 Å². The van der Waals surface area contributed by atoms with E-state index in [1.807, 2.05) is 83.4 Å². The predicted octanol–water partition coefficient (Wildman–Crippen LogP) is 5.02. The average molecular weight is 492 g/mol. The molecule has 1 heterocycles. The molecule has 0 aliphatic carbocycles. The van der Waals surface area contributed by atoms with E-state index in [2.05, 4.69) is 10.2 Å². The third-order valence-electron chi connectivity index (χ3n) is 4.72. The number of ether oxygens (including phenoxy) is 2. The number of carbonyl (C=O) groups excluding carboxylic acids is 1. The molecule has 0 spiro atoms. The molecule has 9 heteroatoms. The second kappa shape index (κ2) is 12.4. The maximum absolute atomic E-state index is 12.6. The summed E-state index contributed by atoms with van der Waals surface area (Å²) in [6.07, 6.45) is 0. The van der Waals surface area contributed by atoms with Gasteiger partial charge in [0.05, 0.1) is 20.0 Å². The first-order valence-corrected chi connectivity index (χ1v) is 11.6. The molecular formula is C26H25N3O5S. The van der Waals surface area contributed by atoms with Gasteiger partial charge in [-0.3, -0.25) is 14.2 Å². The number of ketones is 1. The van der Waals surface area contributed by atoms with E-state index in [0.29, 0.717) is 28.0 Å². The van der Waals surface area contributed by atoms with E-state index < -0.39 is 5.97 Å². The van der Waals surface area contributed by atoms with Gasteiger partial charge < -0.3 is 14.6 Å². The molecule has 4 rings (SSSR count). The number of carbonyl (C=O) groups is 2. The topological polar surface area (TPSA) is 104 Å². The maximum atomic E-state index is 12.6. The van der Waals surface area contributed by atoms with Gasteiger partial charge in [-0.1, -0.05) is 60.3 Å². The standard InChI is InChI=1S/C24H21N3O3S.C2H4O2/c1-29-21-14-13-18(15-22(21)30-2)23-25-26-24(27(23)19-11-7-4-8-12-19)31-16-20(28)17-9-5-3-6-10-17;1-2(3)4/h3-15H,16H2,1-2H3;1H3,(H,3,4). The smallest absolute Gasteiger partial charge is 0.300 e. The first-order valence-electron chi connectivity index (χ1n) is 10.6. The molecule has 1 aromatic heterocycles. The van der Waals surface area contributed by atoms with E-state index >= 15 is 0 Å². The van der Waals surface area contributed by atoms with Crippen LogP contribution in [0.1, 0.15) is 17.3 Å². The molecule has 1 N–H and O–H groups in total. The summed E-state index contributed by atoms with van der Waals surface area (Å²) in [4.78, 5) is 21.6. The second-order valence-corrected chi connectivity index (χ2v) is 8.09. The van der Waals surface area contributed by atoms with Gasteiger partial charge in [0.1, 0.15) is 0 Å². The van der Waals surface area contributed by atoms with Gasteiger partial charge in [-0.05, 0) is 30.3 Å². The summed E-state index contributed by atoms with van der Waals surface area (Å²) >= 11 is 1.36. The number of carboxylic acids is 1. The maximum Gasteiger partial charge on any atom is 0.300 e. The summed E-state index contributed by atoms with van der Waals surface area (Å²) < 4.78 is 12.7. The van der Waals surface area contributed by atoms with Crippen LogP contribution in [0, 0.1) is 0 Å². The van der Waals surface area contributed by atoms with Gasteiger partial charge in [-0.2, -0.15) is 0 Å². The lowest BCUT2D eigenvalue weighted by Crippen LogP contribution is -2.05. The molecule has 3 aromatic carbocycles. The Hall–Kier alpha value is -4.11. The molecule has 0 bridgehead atoms. The van der Waals surface area contributed by atoms with E-state index in [4.69, 9.17) is 19.4 Å². The molecule has 0 unspecified atom stereocenters. The summed E-state index contributed by atoms with van der Waals surface area (Å²) in [5.74, 6) is 1.37. The van der Waals surface area contributed by atoms with Crippen molar-refractivity contribution in [2.75, 3.05) is 20.0 Å². The summed E-state index contributed by atoms with van der Waals surface area (Å²) in [7, 11) is 3.20. The molecule has 35 heavy (non-hydrogen) atoms. The lowest BCUT2D eigenvalue weighted by atomic mass is 10.2. The minimum atomic E-state index is -0.833. The van der Waals surface area contributed by atoms with Crippen LogP contribution in [0.15, 0.2) is 84.0 Å². The van der Waals surface area contributed by atoms with Gasteiger partial charge in [0.2, 0.25) is 0 Å². The normalized spacial score (nSPS) is 10.1. The number of nitrogens with zero attached hydrogens (tertiary/aromatic N) is 3. The molecule has 8 nitrogen and oxygen atoms in total. The van der Waals surface area contributed by atoms with Gasteiger partial charge in [0.25, 0.3) is 5.97 Å². The summed E-state index contributed by atoms with van der Waals surface area (Å²) in [5, 5.41) is 16.9. The number of hydrogen-bond acceptors (Lipinski definition) is 7. The van der Waals surface area contributed by atoms with E-state index in [1.54, 1.807) is 14.2 Å². The quantitative estimate of drug-likeness (QED) is 0.271. The monoisotopic (exact) mass is 491 g/mol. The van der Waals surface area contributed by atoms with Crippen molar-refractivity contribution in [3.8, 4) is 28.6 Å². The van der Waals surface area contributed by atoms with Crippen molar-refractivity contribution in [2.45, 2.75) is 12.1 Å². The fourth-order valence-electron chi connectivity index (χ4n) is 3.17. The number of hydrogen-bond donors (Lipinski definition) is 1. The molecule has 0 aliphatic heterocycles. The number of rotatable bonds is 8. The number of methoxy groups -OCH3 is 2. The Morgan fingerprint density at radius 3 is 2.09 bits per heavy atom. The van der Waals surface area contributed by atoms with Crippen LogP contribution in [-0.2, 0) is 4.79 Å². The lowest BCUT2D eigenvalue weighted by molar-refractivity contribution is -0.134. The molecule has 0 fully saturated rings. The number of carboxylic acid groups (broad SMARTS) is 1. The van der Waals surface area contributed by atoms with Crippen LogP contribution in [0.2, 0.25) is 0 Å². The van der Waals surface area contributed by atoms with Crippen LogP contribution in [0.5, 0.6) is 11.5 Å². The molecule has 0 aliphatic rings. The van der Waals surface area contributed by atoms with Crippen LogP contribution < -0.4 is 9.47 Å². The highest BCUT2D eigenvalue weighted by molar-refractivity contribution is 7.99. The van der Waals surface area contributed by atoms with Crippen LogP contribution >= 0.6 is 11.8 Å². The molecule has 4 aromatic rings. The Labute approximate surface area is 207 Å². The predicted molar refractivity (Wildman–Crippen MR) is 135 cm³/mol. The zero-order valence-electron chi connectivity index (χ0n) is 19.5. The van der Waals surface area contributed by atoms with Crippen molar-refractivity contribution in [3.05, 3.63) is 84.4 Å². The number of benzene rings is 3. The van der Waals surface area contributed by atoms with Gasteiger partial charge in [-0.15, -0.1) is 10.2 Å². The number of para-hydroxylation sites is 1. The third kappa shape index (κ3) is 6.70. The second-order valence-electron chi connectivity index (χ2n) is 7.14. The van der Waals surface area contributed by atoms with Crippen molar-refractivity contribution >= 4 is 23.5 Å². The molecule has 0 atom stereocenters. The van der Waals surface area contributed by atoms with Gasteiger partial charge >= 0.3 is 0 Å². The first kappa shape index (κ1) is 25.5. The van der Waals surface area contributed by atoms with Gasteiger partial charge in [-0.25, -0.2) is 0 Å². The highest BCUT2D eigenvalue weighted by Gasteiger charge is 2.19. The van der Waals surface area contributed by atoms with Crippen LogP contribution in [0.25, 0.3) is 17.1 Å². The van der Waals surface area contributed by atoms with Crippen molar-refractivity contribution in [1.82, 2.24) is 14.8 Å². The Balaban J connectivity index is 0.000000795. The molecule has 180 valence electrons. The molecular weight excluding hydrogens is 466 g/mol. The van der Waals surface area contributed by atoms with E-state index in [1.165, 1.54) is 11.8 Å². The van der Waals surface area contributed by atoms with Gasteiger partial charge in [0, 0.05) is 23.7 Å². The average Bonchev–Trinajstić information content (AvgIpc) is 3.31. The molecule has 0 saturated heterocycles. The highest BCUT2D eigenvalue weighted by Crippen LogP contribution is 2.34. The number of aliphatic carboxylic acids is 1. The number of Topliss-reactive ketones (excluding diaryl/α,β-unsaturated/α-hetero) is 1. The van der Waals surface area contributed by atoms with Crippen molar-refractivity contribution < 1.29 is 24.2 Å². The number of thioether (sulfide) groups is 1. The Bertz CT molecular complexity index is 1270. The Morgan fingerprint density at radius 1 is 0.886 bits per heavy atom. The van der Waals surface area contributed by atoms with Crippen LogP contribution in [0.4, 0.5) is 0 Å². The minimum absolute atomic E-state index is 0.0425. The van der Waals surface area contributed by atoms with Gasteiger partial charge in [0.15, 0.2) is 28.3 Å². The fraction of sp³-hybridized carbons (Fsp3) is 0.154. The zero-order valence-corrected chi connectivity index (χ0v) is 20.4. The summed E-state index contributed by atoms with van der Waals surface area (Å²) in [6.45, 7) is 1.08. The van der Waals surface area contributed by atoms with Crippen molar-refractivity contribution in [1.29, 1.82) is 0 Å². The zero-order chi connectivity index (χ0) is 25.2. The SMILES string of the molecule is CC(=O)O.COc1ccc(-c2nnc(SCC(=O)c3ccccc3)n2-c2ccccc2)cc1OC. The molecule has 0 amide bonds. The van der Waals surface area contributed by atoms with Crippen molar-refractivity contribution in [2.24, 2.45) is 0 Å². The molecule has 0 saturated carbocycles. The summed E-state index contributed by atoms with van der Waals surface area (Å²) in [5.41, 5.74) is 2.42. The summed E-state index contributed by atoms with van der Waals surface area (Å²) in [6, 6.07) is 24.7. The van der Waals surface area contributed by atoms with Crippen LogP contribution in [0.3, 0.4) is 0 Å². The van der Waals surface area contributed by atoms with E-state index in [9.17, 15) is 4.79 Å². The Kier molecular flexibility index (Phi) is 9.02. The minimum Gasteiger partial charge on any atom is -0.493 e. The first-order chi connectivity index (χ1) is 16.9. The molecule has 0 radical (unpaired) electrons. The van der Waals surface area contributed by atoms with E-state index in [-0.39, 0.29) is 11.5 Å². The van der Waals surface area contributed by atoms with Crippen molar-refractivity contribution in [3.63, 3.8) is 0 Å². The Morgan fingerprint density at radius 2 is 1.49 bits per heavy atom.